The van der Waals surface area contributed by atoms with Crippen molar-refractivity contribution in [3.63, 3.8) is 0 Å². The summed E-state index contributed by atoms with van der Waals surface area (Å²) < 4.78 is 6.20. The van der Waals surface area contributed by atoms with Gasteiger partial charge in [0.05, 0.1) is 18.2 Å². The number of rotatable bonds is 9. The highest BCUT2D eigenvalue weighted by Gasteiger charge is 2.24. The third-order valence-corrected chi connectivity index (χ3v) is 6.72. The minimum atomic E-state index is -0.306. The number of pyridine rings is 2. The zero-order chi connectivity index (χ0) is 28.1. The summed E-state index contributed by atoms with van der Waals surface area (Å²) in [6.07, 6.45) is 6.44. The second kappa shape index (κ2) is 11.9. The van der Waals surface area contributed by atoms with Crippen LogP contribution >= 0.6 is 11.6 Å². The number of ether oxygens (including phenoxy) is 1. The molecule has 0 aliphatic rings. The van der Waals surface area contributed by atoms with E-state index < -0.39 is 0 Å². The molecule has 0 fully saturated rings. The van der Waals surface area contributed by atoms with Gasteiger partial charge in [0.25, 0.3) is 5.91 Å². The monoisotopic (exact) mass is 543 g/mol. The number of nitrogens with zero attached hydrogens (tertiary/aromatic N) is 4. The van der Waals surface area contributed by atoms with E-state index in [0.717, 1.165) is 27.8 Å². The van der Waals surface area contributed by atoms with Crippen LogP contribution in [0.25, 0.3) is 16.7 Å². The van der Waals surface area contributed by atoms with Crippen molar-refractivity contribution in [3.8, 4) is 16.9 Å². The van der Waals surface area contributed by atoms with Crippen LogP contribution in [-0.4, -0.2) is 39.5 Å². The molecule has 1 aromatic carbocycles. The number of anilines is 2. The molecule has 1 unspecified atom stereocenters. The highest BCUT2D eigenvalue weighted by atomic mass is 35.5. The molecule has 3 heterocycles. The van der Waals surface area contributed by atoms with Crippen molar-refractivity contribution in [2.24, 2.45) is 0 Å². The van der Waals surface area contributed by atoms with Gasteiger partial charge < -0.3 is 21.1 Å². The number of carbonyl (C=O) groups is 1. The van der Waals surface area contributed by atoms with E-state index in [1.165, 1.54) is 6.33 Å². The maximum absolute atomic E-state index is 12.0. The molecule has 1 amide bonds. The molecule has 0 saturated heterocycles. The van der Waals surface area contributed by atoms with Crippen LogP contribution in [0.15, 0.2) is 61.8 Å². The van der Waals surface area contributed by atoms with Crippen LogP contribution in [0.3, 0.4) is 0 Å². The van der Waals surface area contributed by atoms with Crippen molar-refractivity contribution >= 4 is 34.7 Å². The number of amides is 1. The molecule has 9 nitrogen and oxygen atoms in total. The van der Waals surface area contributed by atoms with E-state index in [2.05, 4.69) is 37.1 Å². The average Bonchev–Trinajstić information content (AvgIpc) is 2.95. The predicted octanol–water partition coefficient (Wildman–Crippen LogP) is 5.47. The topological polar surface area (TPSA) is 128 Å². The molecule has 0 aliphatic carbocycles. The Balaban J connectivity index is 1.78. The maximum Gasteiger partial charge on any atom is 0.269 e. The van der Waals surface area contributed by atoms with E-state index >= 15 is 0 Å². The minimum absolute atomic E-state index is 0.263. The van der Waals surface area contributed by atoms with Gasteiger partial charge in [0.1, 0.15) is 29.4 Å². The first kappa shape index (κ1) is 27.5. The number of halogens is 1. The van der Waals surface area contributed by atoms with Crippen molar-refractivity contribution in [1.29, 1.82) is 0 Å². The Kier molecular flexibility index (Phi) is 8.41. The molecule has 0 radical (unpaired) electrons. The molecule has 4 rings (SSSR count). The maximum atomic E-state index is 12.0. The third kappa shape index (κ3) is 5.68. The number of hydrogen-bond donors (Lipinski definition) is 3. The van der Waals surface area contributed by atoms with Crippen LogP contribution in [0.4, 0.5) is 11.6 Å². The van der Waals surface area contributed by atoms with Crippen molar-refractivity contribution in [1.82, 2.24) is 25.3 Å². The van der Waals surface area contributed by atoms with Gasteiger partial charge in [-0.2, -0.15) is 0 Å². The molecule has 200 valence electrons. The van der Waals surface area contributed by atoms with E-state index in [1.54, 1.807) is 31.7 Å². The fourth-order valence-corrected chi connectivity index (χ4v) is 4.52. The minimum Gasteiger partial charge on any atom is -0.493 e. The lowest BCUT2D eigenvalue weighted by molar-refractivity contribution is 0.0958. The zero-order valence-electron chi connectivity index (χ0n) is 22.2. The van der Waals surface area contributed by atoms with Crippen molar-refractivity contribution in [2.75, 3.05) is 24.7 Å². The summed E-state index contributed by atoms with van der Waals surface area (Å²) in [5, 5.41) is 6.61. The third-order valence-electron chi connectivity index (χ3n) is 6.33. The predicted molar refractivity (Wildman–Crippen MR) is 155 cm³/mol. The highest BCUT2D eigenvalue weighted by Crippen LogP contribution is 2.43. The van der Waals surface area contributed by atoms with Crippen molar-refractivity contribution in [3.05, 3.63) is 94.8 Å². The van der Waals surface area contributed by atoms with Gasteiger partial charge in [-0.05, 0) is 61.7 Å². The van der Waals surface area contributed by atoms with E-state index in [1.807, 2.05) is 45.0 Å². The number of nitrogens with one attached hydrogen (secondary N) is 2. The van der Waals surface area contributed by atoms with E-state index in [9.17, 15) is 4.79 Å². The molecule has 10 heteroatoms. The van der Waals surface area contributed by atoms with Gasteiger partial charge in [-0.3, -0.25) is 14.8 Å². The van der Waals surface area contributed by atoms with E-state index in [0.29, 0.717) is 45.8 Å². The Labute approximate surface area is 232 Å². The Bertz CT molecular complexity index is 1510. The van der Waals surface area contributed by atoms with Crippen molar-refractivity contribution < 1.29 is 9.53 Å². The van der Waals surface area contributed by atoms with E-state index in [-0.39, 0.29) is 11.9 Å². The molecule has 0 aliphatic heterocycles. The first-order valence-electron chi connectivity index (χ1n) is 12.4. The molecular formula is C29H30ClN7O2. The van der Waals surface area contributed by atoms with Gasteiger partial charge in [0.2, 0.25) is 0 Å². The Hall–Kier alpha value is -4.50. The largest absolute Gasteiger partial charge is 0.493 e. The first-order chi connectivity index (χ1) is 18.8. The van der Waals surface area contributed by atoms with Crippen LogP contribution in [0.1, 0.15) is 52.6 Å². The molecule has 4 aromatic rings. The molecule has 3 aromatic heterocycles. The van der Waals surface area contributed by atoms with Crippen LogP contribution < -0.4 is 21.1 Å². The lowest BCUT2D eigenvalue weighted by atomic mass is 9.94. The Morgan fingerprint density at radius 1 is 1.18 bits per heavy atom. The number of nitrogen functional groups attached to an aromatic ring is 1. The number of carbonyl (C=O) groups excluding carboxylic acids is 1. The number of hydrogen-bond acceptors (Lipinski definition) is 8. The first-order valence-corrected chi connectivity index (χ1v) is 12.8. The Morgan fingerprint density at radius 2 is 1.92 bits per heavy atom. The quantitative estimate of drug-likeness (QED) is 0.253. The average molecular weight is 544 g/mol. The summed E-state index contributed by atoms with van der Waals surface area (Å²) in [7, 11) is 1.57. The zero-order valence-corrected chi connectivity index (χ0v) is 23.0. The second-order valence-corrected chi connectivity index (χ2v) is 9.19. The molecular weight excluding hydrogens is 514 g/mol. The van der Waals surface area contributed by atoms with Gasteiger partial charge in [0, 0.05) is 47.4 Å². The van der Waals surface area contributed by atoms with Gasteiger partial charge in [0.15, 0.2) is 0 Å². The summed E-state index contributed by atoms with van der Waals surface area (Å²) in [6.45, 7) is 10.5. The summed E-state index contributed by atoms with van der Waals surface area (Å²) in [5.74, 6) is 1.22. The summed E-state index contributed by atoms with van der Waals surface area (Å²) >= 11 is 6.75. The van der Waals surface area contributed by atoms with E-state index in [4.69, 9.17) is 22.1 Å². The smallest absolute Gasteiger partial charge is 0.269 e. The van der Waals surface area contributed by atoms with Gasteiger partial charge in [-0.1, -0.05) is 24.2 Å². The van der Waals surface area contributed by atoms with Gasteiger partial charge >= 0.3 is 0 Å². The number of nitrogens with two attached hydrogens (primary N) is 1. The lowest BCUT2D eigenvalue weighted by Gasteiger charge is -2.24. The second-order valence-electron chi connectivity index (χ2n) is 8.78. The number of aromatic nitrogens is 4. The van der Waals surface area contributed by atoms with Crippen molar-refractivity contribution in [2.45, 2.75) is 26.8 Å². The fourth-order valence-electron chi connectivity index (χ4n) is 4.30. The van der Waals surface area contributed by atoms with Crippen LogP contribution in [0.5, 0.6) is 5.75 Å². The van der Waals surface area contributed by atoms with Gasteiger partial charge in [-0.15, -0.1) is 0 Å². The highest BCUT2D eigenvalue weighted by molar-refractivity contribution is 6.32. The fraction of sp³-hybridized carbons (Fsp3) is 0.207. The molecule has 39 heavy (non-hydrogen) atoms. The summed E-state index contributed by atoms with van der Waals surface area (Å²) in [5.41, 5.74) is 12.0. The molecule has 0 spiro atoms. The van der Waals surface area contributed by atoms with Crippen LogP contribution in [-0.2, 0) is 0 Å². The molecule has 1 atom stereocenters. The van der Waals surface area contributed by atoms with Crippen LogP contribution in [0, 0.1) is 6.92 Å². The van der Waals surface area contributed by atoms with Crippen LogP contribution in [0.2, 0.25) is 5.02 Å². The Morgan fingerprint density at radius 3 is 2.56 bits per heavy atom. The standard InChI is InChI=1S/C29H30ClN7O2/c1-6-39-26-21(13-22(30)17(3)24(26)20-7-8-23(34-14-20)29(38)32-5)18(4)37-28-25(27(31)35-15-36-28)16(2)19-9-11-33-12-10-19/h7-15,18H,2,6H2,1,3-5H3,(H,32,38)(H3,31,35,36,37). The summed E-state index contributed by atoms with van der Waals surface area (Å²) in [6, 6.07) is 8.79. The summed E-state index contributed by atoms with van der Waals surface area (Å²) in [4.78, 5) is 29.1. The SMILES string of the molecule is C=C(c1ccncc1)c1c(N)ncnc1NC(C)c1cc(Cl)c(C)c(-c2ccc(C(=O)NC)nc2)c1OCC. The molecule has 0 saturated carbocycles. The number of benzene rings is 1. The molecule has 0 bridgehead atoms. The normalized spacial score (nSPS) is 11.5. The molecule has 4 N–H and O–H groups in total. The van der Waals surface area contributed by atoms with Gasteiger partial charge in [-0.25, -0.2) is 9.97 Å². The lowest BCUT2D eigenvalue weighted by Crippen LogP contribution is -2.19.